The fourth-order valence-corrected chi connectivity index (χ4v) is 7.21. The second kappa shape index (κ2) is 8.18. The van der Waals surface area contributed by atoms with Crippen molar-refractivity contribution >= 4 is 43.4 Å². The van der Waals surface area contributed by atoms with Gasteiger partial charge in [-0.3, -0.25) is 0 Å². The number of rotatable bonds is 2. The van der Waals surface area contributed by atoms with E-state index in [1.54, 1.807) is 0 Å². The Bertz CT molecular complexity index is 2180. The second-order valence-electron chi connectivity index (χ2n) is 10.9. The minimum Gasteiger partial charge on any atom is -0.309 e. The van der Waals surface area contributed by atoms with Crippen LogP contribution in [0.4, 0.5) is 0 Å². The van der Waals surface area contributed by atoms with Crippen molar-refractivity contribution in [3.63, 3.8) is 0 Å². The highest BCUT2D eigenvalue weighted by atomic mass is 15.0. The molecule has 7 aromatic carbocycles. The Balaban J connectivity index is 1.39. The molecule has 0 fully saturated rings. The maximum Gasteiger partial charge on any atom is 0.0541 e. The van der Waals surface area contributed by atoms with E-state index < -0.39 is 0 Å². The van der Waals surface area contributed by atoms with Crippen molar-refractivity contribution in [2.75, 3.05) is 0 Å². The van der Waals surface area contributed by atoms with Crippen LogP contribution in [0.25, 0.3) is 60.2 Å². The molecule has 1 unspecified atom stereocenters. The van der Waals surface area contributed by atoms with Crippen molar-refractivity contribution in [2.24, 2.45) is 0 Å². The van der Waals surface area contributed by atoms with E-state index in [9.17, 15) is 0 Å². The zero-order chi connectivity index (χ0) is 26.2. The number of benzene rings is 7. The minimum absolute atomic E-state index is 0.148. The van der Waals surface area contributed by atoms with Crippen LogP contribution >= 0.6 is 0 Å². The van der Waals surface area contributed by atoms with Crippen LogP contribution in [0, 0.1) is 0 Å². The van der Waals surface area contributed by atoms with Gasteiger partial charge < -0.3 is 4.57 Å². The SMILES string of the molecule is c1ccc2c(c1)-c1ccc(-n3c4ccccc4c4ccccc43)cc1C2c1c2ccccc2cc2ccccc12. The van der Waals surface area contributed by atoms with Crippen LogP contribution in [-0.4, -0.2) is 4.57 Å². The van der Waals surface area contributed by atoms with Crippen molar-refractivity contribution in [2.45, 2.75) is 5.92 Å². The third-order valence-electron chi connectivity index (χ3n) is 8.85. The summed E-state index contributed by atoms with van der Waals surface area (Å²) in [5.74, 6) is 0.148. The molecule has 40 heavy (non-hydrogen) atoms. The van der Waals surface area contributed by atoms with Crippen LogP contribution in [0.1, 0.15) is 22.6 Å². The first kappa shape index (κ1) is 21.8. The van der Waals surface area contributed by atoms with Gasteiger partial charge in [0.15, 0.2) is 0 Å². The molecule has 0 bridgehead atoms. The van der Waals surface area contributed by atoms with E-state index in [2.05, 4.69) is 150 Å². The highest BCUT2D eigenvalue weighted by Gasteiger charge is 2.32. The Morgan fingerprint density at radius 2 is 0.925 bits per heavy atom. The number of fused-ring (bicyclic) bond motifs is 8. The van der Waals surface area contributed by atoms with Gasteiger partial charge in [0.1, 0.15) is 0 Å². The number of hydrogen-bond acceptors (Lipinski definition) is 0. The maximum absolute atomic E-state index is 2.45. The first-order chi connectivity index (χ1) is 19.9. The van der Waals surface area contributed by atoms with Crippen molar-refractivity contribution < 1.29 is 0 Å². The fourth-order valence-electron chi connectivity index (χ4n) is 7.21. The molecule has 0 saturated heterocycles. The second-order valence-corrected chi connectivity index (χ2v) is 10.9. The van der Waals surface area contributed by atoms with E-state index in [0.717, 1.165) is 0 Å². The molecule has 1 heteroatoms. The monoisotopic (exact) mass is 507 g/mol. The van der Waals surface area contributed by atoms with Crippen molar-refractivity contribution in [1.82, 2.24) is 4.57 Å². The number of nitrogens with zero attached hydrogens (tertiary/aromatic N) is 1. The Morgan fingerprint density at radius 3 is 1.60 bits per heavy atom. The van der Waals surface area contributed by atoms with Gasteiger partial charge in [-0.2, -0.15) is 0 Å². The standard InChI is InChI=1S/C39H25N/c1-3-13-28-25(11-1)23-26-12-2-4-14-29(26)38(28)39-34-18-6-5-15-30(34)31-22-21-27(24-35(31)39)40-36-19-9-7-16-32(36)33-17-8-10-20-37(33)40/h1-24,39H. The molecular weight excluding hydrogens is 482 g/mol. The van der Waals surface area contributed by atoms with Gasteiger partial charge in [-0.1, -0.05) is 115 Å². The third-order valence-corrected chi connectivity index (χ3v) is 8.85. The Morgan fingerprint density at radius 1 is 0.400 bits per heavy atom. The summed E-state index contributed by atoms with van der Waals surface area (Å²) >= 11 is 0. The van der Waals surface area contributed by atoms with Gasteiger partial charge in [0, 0.05) is 22.4 Å². The van der Waals surface area contributed by atoms with E-state index in [1.807, 2.05) is 0 Å². The van der Waals surface area contributed by atoms with E-state index in [-0.39, 0.29) is 5.92 Å². The lowest BCUT2D eigenvalue weighted by atomic mass is 9.83. The van der Waals surface area contributed by atoms with Gasteiger partial charge in [-0.05, 0) is 79.7 Å². The first-order valence-electron chi connectivity index (χ1n) is 14.0. The predicted octanol–water partition coefficient (Wildman–Crippen LogP) is 10.3. The Labute approximate surface area is 232 Å². The van der Waals surface area contributed by atoms with Crippen LogP contribution in [-0.2, 0) is 0 Å². The summed E-state index contributed by atoms with van der Waals surface area (Å²) in [7, 11) is 0. The lowest BCUT2D eigenvalue weighted by Crippen LogP contribution is -2.03. The van der Waals surface area contributed by atoms with E-state index in [0.29, 0.717) is 0 Å². The average Bonchev–Trinajstić information content (AvgIpc) is 3.52. The molecule has 0 amide bonds. The molecular formula is C39H25N. The molecule has 0 N–H and O–H groups in total. The first-order valence-corrected chi connectivity index (χ1v) is 14.0. The topological polar surface area (TPSA) is 4.93 Å². The third kappa shape index (κ3) is 2.92. The molecule has 0 aliphatic heterocycles. The number of para-hydroxylation sites is 2. The number of hydrogen-bond donors (Lipinski definition) is 0. The summed E-state index contributed by atoms with van der Waals surface area (Å²) in [6.45, 7) is 0. The summed E-state index contributed by atoms with van der Waals surface area (Å²) in [5, 5.41) is 7.82. The van der Waals surface area contributed by atoms with Crippen LogP contribution in [0.15, 0.2) is 146 Å². The lowest BCUT2D eigenvalue weighted by Gasteiger charge is -2.21. The Kier molecular flexibility index (Phi) is 4.45. The van der Waals surface area contributed by atoms with Gasteiger partial charge in [0.05, 0.1) is 11.0 Å². The summed E-state index contributed by atoms with van der Waals surface area (Å²) in [6.07, 6.45) is 0. The molecule has 0 spiro atoms. The predicted molar refractivity (Wildman–Crippen MR) is 169 cm³/mol. The molecule has 1 atom stereocenters. The quantitative estimate of drug-likeness (QED) is 0.205. The zero-order valence-electron chi connectivity index (χ0n) is 21.9. The highest BCUT2D eigenvalue weighted by Crippen LogP contribution is 2.52. The van der Waals surface area contributed by atoms with Crippen LogP contribution in [0.2, 0.25) is 0 Å². The molecule has 0 radical (unpaired) electrons. The molecule has 1 aliphatic carbocycles. The van der Waals surface area contributed by atoms with Gasteiger partial charge in [-0.25, -0.2) is 0 Å². The van der Waals surface area contributed by atoms with Gasteiger partial charge in [-0.15, -0.1) is 0 Å². The molecule has 1 aromatic heterocycles. The smallest absolute Gasteiger partial charge is 0.0541 e. The minimum atomic E-state index is 0.148. The summed E-state index contributed by atoms with van der Waals surface area (Å²) < 4.78 is 2.44. The highest BCUT2D eigenvalue weighted by molar-refractivity contribution is 6.09. The summed E-state index contributed by atoms with van der Waals surface area (Å²) in [5.41, 5.74) is 10.5. The Hall–Kier alpha value is -5.14. The molecule has 1 nitrogen and oxygen atoms in total. The molecule has 1 heterocycles. The average molecular weight is 508 g/mol. The largest absolute Gasteiger partial charge is 0.309 e. The van der Waals surface area contributed by atoms with E-state index in [4.69, 9.17) is 0 Å². The van der Waals surface area contributed by atoms with E-state index >= 15 is 0 Å². The van der Waals surface area contributed by atoms with Crippen molar-refractivity contribution in [1.29, 1.82) is 0 Å². The maximum atomic E-state index is 2.45. The van der Waals surface area contributed by atoms with Gasteiger partial charge >= 0.3 is 0 Å². The zero-order valence-corrected chi connectivity index (χ0v) is 21.9. The molecule has 0 saturated carbocycles. The fraction of sp³-hybridized carbons (Fsp3) is 0.0256. The van der Waals surface area contributed by atoms with Crippen LogP contribution < -0.4 is 0 Å². The van der Waals surface area contributed by atoms with Crippen molar-refractivity contribution in [3.8, 4) is 16.8 Å². The van der Waals surface area contributed by atoms with Gasteiger partial charge in [0.25, 0.3) is 0 Å². The van der Waals surface area contributed by atoms with Crippen LogP contribution in [0.3, 0.4) is 0 Å². The molecule has 9 rings (SSSR count). The summed E-state index contributed by atoms with van der Waals surface area (Å²) in [6, 6.07) is 53.7. The number of aromatic nitrogens is 1. The lowest BCUT2D eigenvalue weighted by molar-refractivity contribution is 1.03. The molecule has 8 aromatic rings. The summed E-state index contributed by atoms with van der Waals surface area (Å²) in [4.78, 5) is 0. The van der Waals surface area contributed by atoms with Crippen molar-refractivity contribution in [3.05, 3.63) is 162 Å². The van der Waals surface area contributed by atoms with Crippen LogP contribution in [0.5, 0.6) is 0 Å². The van der Waals surface area contributed by atoms with E-state index in [1.165, 1.54) is 76.9 Å². The normalized spacial score (nSPS) is 14.2. The molecule has 186 valence electrons. The molecule has 1 aliphatic rings. The van der Waals surface area contributed by atoms with Gasteiger partial charge in [0.2, 0.25) is 0 Å².